The van der Waals surface area contributed by atoms with Crippen molar-refractivity contribution in [1.29, 1.82) is 0 Å². The zero-order valence-corrected chi connectivity index (χ0v) is 45.4. The fraction of sp³-hybridized carbons (Fsp3) is 0.492. The van der Waals surface area contributed by atoms with E-state index in [1.165, 1.54) is 67.4 Å². The maximum atomic E-state index is 5.69. The van der Waals surface area contributed by atoms with E-state index in [2.05, 4.69) is 153 Å². The summed E-state index contributed by atoms with van der Waals surface area (Å²) in [5.41, 5.74) is 17.3. The molecule has 0 saturated heterocycles. The summed E-state index contributed by atoms with van der Waals surface area (Å²) in [5, 5.41) is 0. The summed E-state index contributed by atoms with van der Waals surface area (Å²) in [6.07, 6.45) is 3.07. The standard InChI is InChI=1S/C59H82N6O4S/c1-62(2,33-37-66-9)30-27-58(28-31-63(3,4)34-38-67-10)52-19-15-13-17-48(52)50-23-21-44(41-54(50)58)46-25-26-47(57-56(46)60-70-61-57)45-22-24-51-49-18-14-16-20-53(49)59(55(51)42-45,43-65(7,8)36-40-69-12)29-32-64(5,6)35-39-68-11/h13-26,41-42H,27-40,43H2,1-12H3/q+4. The van der Waals surface area contributed by atoms with E-state index in [9.17, 15) is 0 Å². The predicted molar refractivity (Wildman–Crippen MR) is 289 cm³/mol. The fourth-order valence-corrected chi connectivity index (χ4v) is 12.3. The Morgan fingerprint density at radius 3 is 1.16 bits per heavy atom. The zero-order valence-electron chi connectivity index (χ0n) is 44.6. The van der Waals surface area contributed by atoms with Crippen molar-refractivity contribution >= 4 is 22.8 Å². The van der Waals surface area contributed by atoms with Gasteiger partial charge in [0, 0.05) is 64.2 Å². The number of nitrogens with zero attached hydrogens (tertiary/aromatic N) is 6. The number of likely N-dealkylation sites (N-methyl/N-ethyl adjacent to an activating group) is 4. The van der Waals surface area contributed by atoms with E-state index in [4.69, 9.17) is 27.7 Å². The van der Waals surface area contributed by atoms with Crippen LogP contribution in [-0.4, -0.2) is 190 Å². The van der Waals surface area contributed by atoms with E-state index >= 15 is 0 Å². The van der Waals surface area contributed by atoms with Crippen LogP contribution in [0.1, 0.15) is 41.5 Å². The van der Waals surface area contributed by atoms with Gasteiger partial charge in [0.15, 0.2) is 0 Å². The first-order valence-corrected chi connectivity index (χ1v) is 26.1. The van der Waals surface area contributed by atoms with Crippen molar-refractivity contribution in [2.45, 2.75) is 30.1 Å². The lowest BCUT2D eigenvalue weighted by molar-refractivity contribution is -0.900. The normalized spacial score (nSPS) is 16.4. The van der Waals surface area contributed by atoms with Crippen LogP contribution in [0.25, 0.3) is 55.5 Å². The summed E-state index contributed by atoms with van der Waals surface area (Å²) in [6, 6.07) is 37.4. The number of fused-ring (bicyclic) bond motifs is 7. The van der Waals surface area contributed by atoms with Crippen LogP contribution in [0.15, 0.2) is 97.1 Å². The van der Waals surface area contributed by atoms with Gasteiger partial charge in [0.1, 0.15) is 37.2 Å². The molecule has 1 heterocycles. The molecule has 6 aromatic rings. The Balaban J connectivity index is 1.23. The van der Waals surface area contributed by atoms with Gasteiger partial charge in [-0.2, -0.15) is 8.75 Å². The van der Waals surface area contributed by atoms with E-state index in [0.29, 0.717) is 6.61 Å². The van der Waals surface area contributed by atoms with Crippen molar-refractivity contribution in [3.05, 3.63) is 119 Å². The molecule has 1 aromatic heterocycles. The average molecular weight is 971 g/mol. The highest BCUT2D eigenvalue weighted by molar-refractivity contribution is 7.00. The number of methoxy groups -OCH3 is 4. The first kappa shape index (κ1) is 51.9. The molecular formula is C59H82N6O4S+4. The van der Waals surface area contributed by atoms with Gasteiger partial charge < -0.3 is 36.9 Å². The Labute approximate surface area is 424 Å². The molecule has 0 radical (unpaired) electrons. The van der Waals surface area contributed by atoms with Gasteiger partial charge in [0.05, 0.1) is 126 Å². The minimum Gasteiger partial charge on any atom is -0.379 e. The molecule has 11 heteroatoms. The fourth-order valence-electron chi connectivity index (χ4n) is 11.7. The van der Waals surface area contributed by atoms with E-state index in [-0.39, 0.29) is 10.8 Å². The lowest BCUT2D eigenvalue weighted by Gasteiger charge is -2.42. The maximum Gasteiger partial charge on any atom is 0.113 e. The van der Waals surface area contributed by atoms with Crippen LogP contribution >= 0.6 is 11.7 Å². The van der Waals surface area contributed by atoms with Gasteiger partial charge in [-0.25, -0.2) is 0 Å². The van der Waals surface area contributed by atoms with Gasteiger partial charge >= 0.3 is 0 Å². The zero-order chi connectivity index (χ0) is 50.0. The van der Waals surface area contributed by atoms with Crippen LogP contribution in [0.5, 0.6) is 0 Å². The predicted octanol–water partition coefficient (Wildman–Crippen LogP) is 9.62. The lowest BCUT2D eigenvalue weighted by atomic mass is 9.71. The largest absolute Gasteiger partial charge is 0.379 e. The summed E-state index contributed by atoms with van der Waals surface area (Å²) in [6.45, 7) is 10.8. The molecule has 70 heavy (non-hydrogen) atoms. The highest BCUT2D eigenvalue weighted by Crippen LogP contribution is 2.56. The average Bonchev–Trinajstić information content (AvgIpc) is 4.03. The number of ether oxygens (including phenoxy) is 4. The molecule has 1 unspecified atom stereocenters. The first-order valence-electron chi connectivity index (χ1n) is 25.4. The van der Waals surface area contributed by atoms with Gasteiger partial charge in [-0.1, -0.05) is 84.9 Å². The van der Waals surface area contributed by atoms with Gasteiger partial charge in [-0.15, -0.1) is 0 Å². The van der Waals surface area contributed by atoms with Crippen LogP contribution in [0.4, 0.5) is 0 Å². The van der Waals surface area contributed by atoms with Gasteiger partial charge in [0.25, 0.3) is 0 Å². The van der Waals surface area contributed by atoms with Crippen LogP contribution in [0, 0.1) is 0 Å². The van der Waals surface area contributed by atoms with Crippen LogP contribution < -0.4 is 0 Å². The molecule has 0 aliphatic heterocycles. The number of benzene rings is 5. The summed E-state index contributed by atoms with van der Waals surface area (Å²) in [5.74, 6) is 0. The lowest BCUT2D eigenvalue weighted by Crippen LogP contribution is -2.53. The van der Waals surface area contributed by atoms with Crippen molar-refractivity contribution in [1.82, 2.24) is 8.75 Å². The van der Waals surface area contributed by atoms with Crippen molar-refractivity contribution in [3.8, 4) is 44.5 Å². The van der Waals surface area contributed by atoms with Crippen molar-refractivity contribution in [2.24, 2.45) is 0 Å². The number of quaternary nitrogens is 4. The summed E-state index contributed by atoms with van der Waals surface area (Å²) >= 11 is 1.32. The van der Waals surface area contributed by atoms with Crippen LogP contribution in [0.3, 0.4) is 0 Å². The molecule has 0 N–H and O–H groups in total. The van der Waals surface area contributed by atoms with Gasteiger partial charge in [0.2, 0.25) is 0 Å². The van der Waals surface area contributed by atoms with E-state index in [0.717, 1.165) is 132 Å². The first-order chi connectivity index (χ1) is 33.4. The summed E-state index contributed by atoms with van der Waals surface area (Å²) in [7, 11) is 26.1. The molecule has 0 saturated carbocycles. The second-order valence-corrected chi connectivity index (χ2v) is 23.6. The van der Waals surface area contributed by atoms with E-state index in [1.807, 2.05) is 21.3 Å². The summed E-state index contributed by atoms with van der Waals surface area (Å²) < 4.78 is 36.2. The Bertz CT molecular complexity index is 2740. The van der Waals surface area contributed by atoms with Crippen molar-refractivity contribution < 1.29 is 36.9 Å². The molecule has 2 aliphatic carbocycles. The third-order valence-corrected chi connectivity index (χ3v) is 16.8. The smallest absolute Gasteiger partial charge is 0.113 e. The third kappa shape index (κ3) is 10.6. The monoisotopic (exact) mass is 971 g/mol. The van der Waals surface area contributed by atoms with Gasteiger partial charge in [-0.3, -0.25) is 0 Å². The molecule has 0 amide bonds. The number of aromatic nitrogens is 2. The second-order valence-electron chi connectivity index (χ2n) is 23.1. The maximum absolute atomic E-state index is 5.69. The van der Waals surface area contributed by atoms with Gasteiger partial charge in [-0.05, 0) is 67.8 Å². The second kappa shape index (κ2) is 21.0. The summed E-state index contributed by atoms with van der Waals surface area (Å²) in [4.78, 5) is 0. The molecule has 8 rings (SSSR count). The third-order valence-electron chi connectivity index (χ3n) is 16.3. The van der Waals surface area contributed by atoms with E-state index in [1.54, 1.807) is 7.11 Å². The topological polar surface area (TPSA) is 62.7 Å². The molecular weight excluding hydrogens is 889 g/mol. The molecule has 10 nitrogen and oxygen atoms in total. The molecule has 0 fully saturated rings. The van der Waals surface area contributed by atoms with Crippen LogP contribution in [-0.2, 0) is 29.8 Å². The Morgan fingerprint density at radius 1 is 0.386 bits per heavy atom. The Morgan fingerprint density at radius 2 is 0.729 bits per heavy atom. The quantitative estimate of drug-likeness (QED) is 0.0533. The molecule has 374 valence electrons. The molecule has 2 aliphatic rings. The number of rotatable bonds is 25. The minimum absolute atomic E-state index is 0.171. The number of hydrogen-bond donors (Lipinski definition) is 0. The molecule has 5 aromatic carbocycles. The Kier molecular flexibility index (Phi) is 15.6. The molecule has 0 spiro atoms. The SMILES string of the molecule is COCC[N+](C)(C)CCC1(CC[N+](C)(C)CCOC)c2ccccc2-c2ccc(-c3ccc(-c4ccc5c(c4)C(CC[N+](C)(C)CCOC)(C[N+](C)(C)CCOC)c4ccccc4-5)c4nsnc34)cc21. The highest BCUT2D eigenvalue weighted by Gasteiger charge is 2.49. The highest BCUT2D eigenvalue weighted by atomic mass is 32.1. The number of hydrogen-bond acceptors (Lipinski definition) is 7. The van der Waals surface area contributed by atoms with Crippen molar-refractivity contribution in [3.63, 3.8) is 0 Å². The molecule has 1 atom stereocenters. The van der Waals surface area contributed by atoms with Crippen LogP contribution in [0.2, 0.25) is 0 Å². The van der Waals surface area contributed by atoms with Crippen molar-refractivity contribution in [2.75, 3.05) is 164 Å². The minimum atomic E-state index is -0.217. The Hall–Kier alpha value is -4.40. The van der Waals surface area contributed by atoms with E-state index < -0.39 is 0 Å². The molecule has 0 bridgehead atoms.